The predicted molar refractivity (Wildman–Crippen MR) is 113 cm³/mol. The van der Waals surface area contributed by atoms with Crippen LogP contribution in [0.5, 0.6) is 0 Å². The number of rotatable bonds is 5. The van der Waals surface area contributed by atoms with Crippen LogP contribution in [0.15, 0.2) is 0 Å². The number of amides is 1. The molecule has 28 heavy (non-hydrogen) atoms. The summed E-state index contributed by atoms with van der Waals surface area (Å²) in [6.45, 7) is 1.00. The molecule has 1 N–H and O–H groups in total. The minimum Gasteiger partial charge on any atom is -0.343 e. The van der Waals surface area contributed by atoms with Gasteiger partial charge < -0.3 is 10.2 Å². The Kier molecular flexibility index (Phi) is 6.39. The second-order valence-electron chi connectivity index (χ2n) is 9.60. The fraction of sp³-hybridized carbons (Fsp3) is 0.826. The molecule has 0 bridgehead atoms. The first kappa shape index (κ1) is 19.9. The van der Waals surface area contributed by atoms with Crippen LogP contribution in [-0.4, -0.2) is 46.8 Å². The summed E-state index contributed by atoms with van der Waals surface area (Å²) in [6.07, 6.45) is 16.7. The summed E-state index contributed by atoms with van der Waals surface area (Å²) in [4.78, 5) is 14.5. The molecular weight excluding hydrogens is 348 g/mol. The highest BCUT2D eigenvalue weighted by Crippen LogP contribution is 2.30. The summed E-state index contributed by atoms with van der Waals surface area (Å²) in [7, 11) is 3.69. The number of hydrogen-bond acceptors (Lipinski definition) is 3. The van der Waals surface area contributed by atoms with Crippen molar-refractivity contribution in [3.05, 3.63) is 17.0 Å². The Labute approximate surface area is 170 Å². The highest BCUT2D eigenvalue weighted by Gasteiger charge is 2.31. The van der Waals surface area contributed by atoms with Crippen LogP contribution in [0.2, 0.25) is 0 Å². The van der Waals surface area contributed by atoms with Gasteiger partial charge in [0, 0.05) is 44.0 Å². The third-order valence-corrected chi connectivity index (χ3v) is 7.19. The minimum atomic E-state index is 0.0666. The summed E-state index contributed by atoms with van der Waals surface area (Å²) in [5, 5.41) is 8.81. The van der Waals surface area contributed by atoms with Gasteiger partial charge in [-0.15, -0.1) is 0 Å². The predicted octanol–water partition coefficient (Wildman–Crippen LogP) is 3.94. The maximum absolute atomic E-state index is 12.8. The van der Waals surface area contributed by atoms with Crippen molar-refractivity contribution in [3.8, 4) is 0 Å². The average molecular weight is 387 g/mol. The maximum atomic E-state index is 12.8. The van der Waals surface area contributed by atoms with Gasteiger partial charge in [0.25, 0.3) is 5.91 Å². The van der Waals surface area contributed by atoms with Gasteiger partial charge in [-0.2, -0.15) is 5.10 Å². The summed E-state index contributed by atoms with van der Waals surface area (Å²) >= 11 is 0. The molecule has 1 amide bonds. The normalized spacial score (nSPS) is 24.1. The van der Waals surface area contributed by atoms with E-state index in [1.165, 1.54) is 81.9 Å². The molecule has 0 aromatic carbocycles. The largest absolute Gasteiger partial charge is 0.343 e. The van der Waals surface area contributed by atoms with Crippen LogP contribution < -0.4 is 5.32 Å². The lowest BCUT2D eigenvalue weighted by atomic mass is 9.87. The third-order valence-electron chi connectivity index (χ3n) is 7.19. The van der Waals surface area contributed by atoms with E-state index in [2.05, 4.69) is 10.00 Å². The Morgan fingerprint density at radius 3 is 2.36 bits per heavy atom. The van der Waals surface area contributed by atoms with Gasteiger partial charge in [-0.25, -0.2) is 0 Å². The molecule has 5 heteroatoms. The second kappa shape index (κ2) is 8.98. The number of carbonyl (C=O) groups is 1. The fourth-order valence-electron chi connectivity index (χ4n) is 5.58. The number of carbonyl (C=O) groups excluding carboxylic acids is 1. The molecule has 4 rings (SSSR count). The lowest BCUT2D eigenvalue weighted by molar-refractivity contribution is 0.0819. The quantitative estimate of drug-likeness (QED) is 0.834. The SMILES string of the molecule is CN(C)C(=O)c1nn(CC2CCCCC2)c2c1C[C@H](NC1CCCCC1)CC2. The lowest BCUT2D eigenvalue weighted by Gasteiger charge is -2.31. The van der Waals surface area contributed by atoms with E-state index in [1.807, 2.05) is 14.1 Å². The van der Waals surface area contributed by atoms with Crippen molar-refractivity contribution in [3.63, 3.8) is 0 Å². The Balaban J connectivity index is 1.52. The van der Waals surface area contributed by atoms with Crippen molar-refractivity contribution in [1.29, 1.82) is 0 Å². The van der Waals surface area contributed by atoms with Crippen LogP contribution in [-0.2, 0) is 19.4 Å². The van der Waals surface area contributed by atoms with E-state index < -0.39 is 0 Å². The first-order chi connectivity index (χ1) is 13.6. The standard InChI is InChI=1S/C23H38N4O/c1-26(2)23(28)22-20-15-19(24-18-11-7-4-8-12-18)13-14-21(20)27(25-22)16-17-9-5-3-6-10-17/h17-19,24H,3-16H2,1-2H3/t19-/m1/s1. The first-order valence-corrected chi connectivity index (χ1v) is 11.7. The maximum Gasteiger partial charge on any atom is 0.274 e. The van der Waals surface area contributed by atoms with Crippen LogP contribution >= 0.6 is 0 Å². The van der Waals surface area contributed by atoms with E-state index in [1.54, 1.807) is 4.90 Å². The van der Waals surface area contributed by atoms with Gasteiger partial charge in [0.2, 0.25) is 0 Å². The molecule has 3 aliphatic rings. The molecule has 0 radical (unpaired) electrons. The first-order valence-electron chi connectivity index (χ1n) is 11.7. The third kappa shape index (κ3) is 4.45. The van der Waals surface area contributed by atoms with Gasteiger partial charge in [0.15, 0.2) is 5.69 Å². The van der Waals surface area contributed by atoms with Crippen LogP contribution in [0.3, 0.4) is 0 Å². The number of aromatic nitrogens is 2. The molecule has 3 aliphatic carbocycles. The Bertz CT molecular complexity index is 668. The highest BCUT2D eigenvalue weighted by molar-refractivity contribution is 5.93. The number of fused-ring (bicyclic) bond motifs is 1. The number of hydrogen-bond donors (Lipinski definition) is 1. The van der Waals surface area contributed by atoms with Crippen molar-refractivity contribution in [2.24, 2.45) is 5.92 Å². The highest BCUT2D eigenvalue weighted by atomic mass is 16.2. The fourth-order valence-corrected chi connectivity index (χ4v) is 5.58. The molecule has 2 saturated carbocycles. The second-order valence-corrected chi connectivity index (χ2v) is 9.60. The van der Waals surface area contributed by atoms with E-state index in [4.69, 9.17) is 5.10 Å². The zero-order valence-electron chi connectivity index (χ0n) is 17.9. The van der Waals surface area contributed by atoms with E-state index in [0.717, 1.165) is 25.3 Å². The molecule has 1 heterocycles. The van der Waals surface area contributed by atoms with Crippen molar-refractivity contribution >= 4 is 5.91 Å². The smallest absolute Gasteiger partial charge is 0.274 e. The Morgan fingerprint density at radius 2 is 1.68 bits per heavy atom. The summed E-state index contributed by atoms with van der Waals surface area (Å²) in [5.74, 6) is 0.801. The monoisotopic (exact) mass is 386 g/mol. The molecule has 0 saturated heterocycles. The van der Waals surface area contributed by atoms with Gasteiger partial charge in [-0.1, -0.05) is 38.5 Å². The van der Waals surface area contributed by atoms with Crippen LogP contribution in [0.25, 0.3) is 0 Å². The molecule has 156 valence electrons. The number of nitrogens with one attached hydrogen (secondary N) is 1. The van der Waals surface area contributed by atoms with Gasteiger partial charge in [0.05, 0.1) is 0 Å². The topological polar surface area (TPSA) is 50.2 Å². The lowest BCUT2D eigenvalue weighted by Crippen LogP contribution is -2.43. The molecule has 1 aromatic rings. The molecule has 2 fully saturated rings. The van der Waals surface area contributed by atoms with Crippen molar-refractivity contribution < 1.29 is 4.79 Å². The van der Waals surface area contributed by atoms with Crippen molar-refractivity contribution in [2.75, 3.05) is 14.1 Å². The van der Waals surface area contributed by atoms with E-state index in [9.17, 15) is 4.79 Å². The molecule has 5 nitrogen and oxygen atoms in total. The zero-order chi connectivity index (χ0) is 19.5. The van der Waals surface area contributed by atoms with Crippen molar-refractivity contribution in [1.82, 2.24) is 20.0 Å². The van der Waals surface area contributed by atoms with Gasteiger partial charge in [-0.05, 0) is 50.9 Å². The van der Waals surface area contributed by atoms with E-state index >= 15 is 0 Å². The van der Waals surface area contributed by atoms with Crippen LogP contribution in [0, 0.1) is 5.92 Å². The molecule has 0 unspecified atom stereocenters. The summed E-state index contributed by atoms with van der Waals surface area (Å²) < 4.78 is 2.22. The van der Waals surface area contributed by atoms with Gasteiger partial charge >= 0.3 is 0 Å². The van der Waals surface area contributed by atoms with Crippen LogP contribution in [0.4, 0.5) is 0 Å². The molecule has 1 aromatic heterocycles. The molecule has 0 aliphatic heterocycles. The zero-order valence-corrected chi connectivity index (χ0v) is 17.9. The van der Waals surface area contributed by atoms with Gasteiger partial charge in [-0.3, -0.25) is 9.48 Å². The molecule has 1 atom stereocenters. The summed E-state index contributed by atoms with van der Waals surface area (Å²) in [6, 6.07) is 1.17. The van der Waals surface area contributed by atoms with E-state index in [-0.39, 0.29) is 5.91 Å². The van der Waals surface area contributed by atoms with Gasteiger partial charge in [0.1, 0.15) is 0 Å². The van der Waals surface area contributed by atoms with Crippen molar-refractivity contribution in [2.45, 2.75) is 102 Å². The Hall–Kier alpha value is -1.36. The summed E-state index contributed by atoms with van der Waals surface area (Å²) in [5.41, 5.74) is 3.29. The minimum absolute atomic E-state index is 0.0666. The average Bonchev–Trinajstić information content (AvgIpc) is 3.06. The van der Waals surface area contributed by atoms with E-state index in [0.29, 0.717) is 17.8 Å². The number of nitrogens with zero attached hydrogens (tertiary/aromatic N) is 3. The van der Waals surface area contributed by atoms with Crippen LogP contribution in [0.1, 0.15) is 92.4 Å². The molecular formula is C23H38N4O. The molecule has 0 spiro atoms. The Morgan fingerprint density at radius 1 is 1.00 bits per heavy atom.